The van der Waals surface area contributed by atoms with Gasteiger partial charge in [0, 0.05) is 44.5 Å². The van der Waals surface area contributed by atoms with E-state index >= 15 is 0 Å². The standard InChI is InChI=1S/C29H30N4O3/c1-35-25-14-12-23(13-15-25)28-27(22-33(30-28)24-8-4-2-5-9-24)29(34)32-18-16-31(17-19-32)20-21-36-26-10-6-3-7-11-26/h2-15,22H,16-21H2,1H3. The van der Waals surface area contributed by atoms with E-state index in [2.05, 4.69) is 4.90 Å². The highest BCUT2D eigenvalue weighted by molar-refractivity contribution is 6.00. The van der Waals surface area contributed by atoms with E-state index < -0.39 is 0 Å². The maximum absolute atomic E-state index is 13.7. The number of hydrogen-bond acceptors (Lipinski definition) is 5. The molecule has 7 nitrogen and oxygen atoms in total. The molecule has 0 aliphatic carbocycles. The fourth-order valence-corrected chi connectivity index (χ4v) is 4.36. The van der Waals surface area contributed by atoms with Crippen molar-refractivity contribution in [3.63, 3.8) is 0 Å². The molecule has 0 spiro atoms. The number of benzene rings is 3. The predicted octanol–water partition coefficient (Wildman–Crippen LogP) is 4.38. The molecule has 0 N–H and O–H groups in total. The molecule has 7 heteroatoms. The molecule has 0 saturated carbocycles. The molecule has 1 aliphatic rings. The predicted molar refractivity (Wildman–Crippen MR) is 140 cm³/mol. The average Bonchev–Trinajstić information content (AvgIpc) is 3.40. The SMILES string of the molecule is COc1ccc(-c2nn(-c3ccccc3)cc2C(=O)N2CCN(CCOc3ccccc3)CC2)cc1. The molecule has 0 bridgehead atoms. The molecule has 1 aliphatic heterocycles. The smallest absolute Gasteiger partial charge is 0.257 e. The number of nitrogens with zero attached hydrogens (tertiary/aromatic N) is 4. The lowest BCUT2D eigenvalue weighted by molar-refractivity contribution is 0.0621. The van der Waals surface area contributed by atoms with Gasteiger partial charge < -0.3 is 14.4 Å². The molecule has 0 unspecified atom stereocenters. The van der Waals surface area contributed by atoms with E-state index in [-0.39, 0.29) is 5.91 Å². The molecule has 1 aromatic heterocycles. The second-order valence-corrected chi connectivity index (χ2v) is 8.70. The molecule has 4 aromatic rings. The molecule has 184 valence electrons. The van der Waals surface area contributed by atoms with Crippen molar-refractivity contribution in [2.45, 2.75) is 0 Å². The Morgan fingerprint density at radius 2 is 1.50 bits per heavy atom. The Morgan fingerprint density at radius 3 is 2.17 bits per heavy atom. The zero-order valence-corrected chi connectivity index (χ0v) is 20.4. The zero-order valence-electron chi connectivity index (χ0n) is 20.4. The van der Waals surface area contributed by atoms with Crippen LogP contribution >= 0.6 is 0 Å². The molecule has 3 aromatic carbocycles. The van der Waals surface area contributed by atoms with Gasteiger partial charge in [-0.3, -0.25) is 9.69 Å². The Hall–Kier alpha value is -4.10. The summed E-state index contributed by atoms with van der Waals surface area (Å²) in [7, 11) is 1.64. The van der Waals surface area contributed by atoms with Crippen LogP contribution < -0.4 is 9.47 Å². The van der Waals surface area contributed by atoms with E-state index in [0.29, 0.717) is 31.0 Å². The maximum atomic E-state index is 13.7. The molecule has 1 fully saturated rings. The third-order valence-corrected chi connectivity index (χ3v) is 6.41. The van der Waals surface area contributed by atoms with Crippen LogP contribution in [0.2, 0.25) is 0 Å². The van der Waals surface area contributed by atoms with Crippen LogP contribution in [0.5, 0.6) is 11.5 Å². The van der Waals surface area contributed by atoms with Crippen LogP contribution in [0.15, 0.2) is 91.1 Å². The fraction of sp³-hybridized carbons (Fsp3) is 0.241. The zero-order chi connectivity index (χ0) is 24.7. The Balaban J connectivity index is 1.28. The Bertz CT molecular complexity index is 1270. The highest BCUT2D eigenvalue weighted by Crippen LogP contribution is 2.27. The first-order chi connectivity index (χ1) is 17.7. The first kappa shape index (κ1) is 23.6. The minimum atomic E-state index is 0.00295. The Labute approximate surface area is 211 Å². The summed E-state index contributed by atoms with van der Waals surface area (Å²) in [6, 6.07) is 27.4. The number of amides is 1. The van der Waals surface area contributed by atoms with Crippen molar-refractivity contribution in [2.24, 2.45) is 0 Å². The number of methoxy groups -OCH3 is 1. The van der Waals surface area contributed by atoms with Crippen LogP contribution in [-0.4, -0.2) is 71.9 Å². The van der Waals surface area contributed by atoms with Gasteiger partial charge in [0.05, 0.1) is 18.4 Å². The molecule has 1 amide bonds. The number of piperazine rings is 1. The summed E-state index contributed by atoms with van der Waals surface area (Å²) in [6.07, 6.45) is 1.84. The summed E-state index contributed by atoms with van der Waals surface area (Å²) in [5.74, 6) is 1.65. The number of hydrogen-bond donors (Lipinski definition) is 0. The van der Waals surface area contributed by atoms with Gasteiger partial charge in [-0.2, -0.15) is 5.10 Å². The van der Waals surface area contributed by atoms with Crippen LogP contribution in [-0.2, 0) is 0 Å². The third kappa shape index (κ3) is 5.42. The van der Waals surface area contributed by atoms with Crippen molar-refractivity contribution in [2.75, 3.05) is 46.4 Å². The monoisotopic (exact) mass is 482 g/mol. The van der Waals surface area contributed by atoms with Crippen LogP contribution in [0.25, 0.3) is 16.9 Å². The van der Waals surface area contributed by atoms with Crippen molar-refractivity contribution in [1.82, 2.24) is 19.6 Å². The van der Waals surface area contributed by atoms with Crippen molar-refractivity contribution in [1.29, 1.82) is 0 Å². The Morgan fingerprint density at radius 1 is 0.833 bits per heavy atom. The van der Waals surface area contributed by atoms with Gasteiger partial charge in [0.2, 0.25) is 0 Å². The van der Waals surface area contributed by atoms with Gasteiger partial charge in [0.25, 0.3) is 5.91 Å². The number of carbonyl (C=O) groups excluding carboxylic acids is 1. The van der Waals surface area contributed by atoms with Gasteiger partial charge >= 0.3 is 0 Å². The number of aromatic nitrogens is 2. The molecule has 2 heterocycles. The number of carbonyl (C=O) groups is 1. The van der Waals surface area contributed by atoms with Crippen molar-refractivity contribution in [3.8, 4) is 28.4 Å². The third-order valence-electron chi connectivity index (χ3n) is 6.41. The van der Waals surface area contributed by atoms with Gasteiger partial charge in [0.1, 0.15) is 23.8 Å². The highest BCUT2D eigenvalue weighted by atomic mass is 16.5. The molecular formula is C29H30N4O3. The van der Waals surface area contributed by atoms with E-state index in [9.17, 15) is 4.79 Å². The molecule has 0 atom stereocenters. The minimum Gasteiger partial charge on any atom is -0.497 e. The van der Waals surface area contributed by atoms with E-state index in [1.165, 1.54) is 0 Å². The largest absolute Gasteiger partial charge is 0.497 e. The quantitative estimate of drug-likeness (QED) is 0.373. The lowest BCUT2D eigenvalue weighted by atomic mass is 10.1. The van der Waals surface area contributed by atoms with Gasteiger partial charge in [-0.1, -0.05) is 36.4 Å². The lowest BCUT2D eigenvalue weighted by Gasteiger charge is -2.34. The normalized spacial score (nSPS) is 14.0. The fourth-order valence-electron chi connectivity index (χ4n) is 4.36. The lowest BCUT2D eigenvalue weighted by Crippen LogP contribution is -2.49. The summed E-state index contributed by atoms with van der Waals surface area (Å²) in [6.45, 7) is 4.43. The number of rotatable bonds is 8. The van der Waals surface area contributed by atoms with E-state index in [1.807, 2.05) is 96.0 Å². The van der Waals surface area contributed by atoms with Crippen LogP contribution in [0.3, 0.4) is 0 Å². The first-order valence-electron chi connectivity index (χ1n) is 12.2. The molecular weight excluding hydrogens is 452 g/mol. The molecule has 5 rings (SSSR count). The van der Waals surface area contributed by atoms with Gasteiger partial charge in [-0.25, -0.2) is 4.68 Å². The highest BCUT2D eigenvalue weighted by Gasteiger charge is 2.26. The van der Waals surface area contributed by atoms with Gasteiger partial charge in [-0.15, -0.1) is 0 Å². The first-order valence-corrected chi connectivity index (χ1v) is 12.2. The van der Waals surface area contributed by atoms with Crippen LogP contribution in [0, 0.1) is 0 Å². The summed E-state index contributed by atoms with van der Waals surface area (Å²) >= 11 is 0. The summed E-state index contributed by atoms with van der Waals surface area (Å²) in [4.78, 5) is 17.9. The number of para-hydroxylation sites is 2. The summed E-state index contributed by atoms with van der Waals surface area (Å²) in [5.41, 5.74) is 3.06. The van der Waals surface area contributed by atoms with Crippen molar-refractivity contribution < 1.29 is 14.3 Å². The summed E-state index contributed by atoms with van der Waals surface area (Å²) < 4.78 is 12.9. The molecule has 36 heavy (non-hydrogen) atoms. The van der Waals surface area contributed by atoms with Crippen LogP contribution in [0.4, 0.5) is 0 Å². The van der Waals surface area contributed by atoms with Crippen LogP contribution in [0.1, 0.15) is 10.4 Å². The Kier molecular flexibility index (Phi) is 7.28. The average molecular weight is 483 g/mol. The minimum absolute atomic E-state index is 0.00295. The van der Waals surface area contributed by atoms with E-state index in [1.54, 1.807) is 11.8 Å². The van der Waals surface area contributed by atoms with Crippen molar-refractivity contribution in [3.05, 3.63) is 96.7 Å². The molecule has 1 saturated heterocycles. The van der Waals surface area contributed by atoms with Crippen molar-refractivity contribution >= 4 is 5.91 Å². The summed E-state index contributed by atoms with van der Waals surface area (Å²) in [5, 5.41) is 4.81. The van der Waals surface area contributed by atoms with E-state index in [0.717, 1.165) is 42.4 Å². The van der Waals surface area contributed by atoms with E-state index in [4.69, 9.17) is 14.6 Å². The number of ether oxygens (including phenoxy) is 2. The molecule has 0 radical (unpaired) electrons. The maximum Gasteiger partial charge on any atom is 0.257 e. The second kappa shape index (κ2) is 11.1. The second-order valence-electron chi connectivity index (χ2n) is 8.70. The van der Waals surface area contributed by atoms with Gasteiger partial charge in [0.15, 0.2) is 0 Å². The topological polar surface area (TPSA) is 59.8 Å². The van der Waals surface area contributed by atoms with Gasteiger partial charge in [-0.05, 0) is 48.5 Å².